The van der Waals surface area contributed by atoms with Gasteiger partial charge in [0, 0.05) is 24.5 Å². The first-order chi connectivity index (χ1) is 10.0. The van der Waals surface area contributed by atoms with Gasteiger partial charge < -0.3 is 15.1 Å². The first kappa shape index (κ1) is 18.4. The fourth-order valence-electron chi connectivity index (χ4n) is 1.86. The van der Waals surface area contributed by atoms with E-state index in [0.29, 0.717) is 19.4 Å². The molecule has 2 atom stereocenters. The molecule has 0 unspecified atom stereocenters. The number of carboxylic acids is 1. The summed E-state index contributed by atoms with van der Waals surface area (Å²) < 4.78 is 0. The maximum atomic E-state index is 11.8. The molecule has 21 heavy (non-hydrogen) atoms. The number of hydrogen-bond donors (Lipinski definition) is 2. The third kappa shape index (κ3) is 7.24. The lowest BCUT2D eigenvalue weighted by Crippen LogP contribution is -2.34. The van der Waals surface area contributed by atoms with E-state index >= 15 is 0 Å². The van der Waals surface area contributed by atoms with Crippen molar-refractivity contribution in [1.29, 1.82) is 0 Å². The van der Waals surface area contributed by atoms with E-state index in [1.165, 1.54) is 11.8 Å². The maximum Gasteiger partial charge on any atom is 0.303 e. The summed E-state index contributed by atoms with van der Waals surface area (Å²) in [5.74, 6) is 1.58. The quantitative estimate of drug-likeness (QED) is 0.472. The average molecular weight is 333 g/mol. The van der Waals surface area contributed by atoms with Crippen molar-refractivity contribution in [2.24, 2.45) is 0 Å². The largest absolute Gasteiger partial charge is 0.481 e. The van der Waals surface area contributed by atoms with Gasteiger partial charge in [0.1, 0.15) is 0 Å². The van der Waals surface area contributed by atoms with Gasteiger partial charge in [-0.15, -0.1) is 0 Å². The van der Waals surface area contributed by atoms with Crippen LogP contribution in [0.25, 0.3) is 0 Å². The zero-order chi connectivity index (χ0) is 15.7. The summed E-state index contributed by atoms with van der Waals surface area (Å²) in [5, 5.41) is 18.2. The molecular formula is C14H23NO4S2. The van der Waals surface area contributed by atoms with E-state index < -0.39 is 12.1 Å². The third-order valence-electron chi connectivity index (χ3n) is 3.14. The molecular weight excluding hydrogens is 310 g/mol. The number of carboxylic acid groups (broad SMARTS) is 1. The normalized spacial score (nSPS) is 20.4. The van der Waals surface area contributed by atoms with E-state index in [2.05, 4.69) is 0 Å². The summed E-state index contributed by atoms with van der Waals surface area (Å²) in [6.45, 7) is 2.58. The maximum absolute atomic E-state index is 11.8. The first-order valence-electron chi connectivity index (χ1n) is 7.14. The van der Waals surface area contributed by atoms with E-state index in [9.17, 15) is 14.7 Å². The summed E-state index contributed by atoms with van der Waals surface area (Å²) in [7, 11) is 0. The van der Waals surface area contributed by atoms with Gasteiger partial charge in [-0.2, -0.15) is 11.8 Å². The Morgan fingerprint density at radius 3 is 3.00 bits per heavy atom. The SMILES string of the molecule is CC[C@H](O)/C=C/[C@H]1CSC(=O)N1CCSCCCC(=O)O. The highest BCUT2D eigenvalue weighted by Crippen LogP contribution is 2.25. The number of hydrogen-bond acceptors (Lipinski definition) is 5. The molecule has 1 saturated heterocycles. The Kier molecular flexibility index (Phi) is 8.87. The second-order valence-electron chi connectivity index (χ2n) is 4.81. The van der Waals surface area contributed by atoms with Crippen LogP contribution in [0.2, 0.25) is 0 Å². The molecule has 1 heterocycles. The topological polar surface area (TPSA) is 77.8 Å². The predicted molar refractivity (Wildman–Crippen MR) is 88.0 cm³/mol. The highest BCUT2D eigenvalue weighted by atomic mass is 32.2. The van der Waals surface area contributed by atoms with Gasteiger partial charge in [0.25, 0.3) is 5.24 Å². The van der Waals surface area contributed by atoms with Crippen LogP contribution >= 0.6 is 23.5 Å². The smallest absolute Gasteiger partial charge is 0.303 e. The van der Waals surface area contributed by atoms with Crippen LogP contribution in [0.4, 0.5) is 4.79 Å². The van der Waals surface area contributed by atoms with Crippen LogP contribution < -0.4 is 0 Å². The van der Waals surface area contributed by atoms with Crippen LogP contribution in [0, 0.1) is 0 Å². The number of aliphatic hydroxyl groups excluding tert-OH is 1. The standard InChI is InChI=1S/C14H23NO4S2/c1-2-12(16)6-5-11-10-21-14(19)15(11)7-9-20-8-3-4-13(17)18/h5-6,11-12,16H,2-4,7-10H2,1H3,(H,17,18)/b6-5+/t11-,12-/m0/s1. The number of carbonyl (C=O) groups is 2. The minimum Gasteiger partial charge on any atom is -0.481 e. The van der Waals surface area contributed by atoms with Crippen LogP contribution in [0.3, 0.4) is 0 Å². The molecule has 1 rings (SSSR count). The van der Waals surface area contributed by atoms with Crippen molar-refractivity contribution in [3.05, 3.63) is 12.2 Å². The van der Waals surface area contributed by atoms with Gasteiger partial charge in [0.15, 0.2) is 0 Å². The van der Waals surface area contributed by atoms with E-state index in [1.807, 2.05) is 17.9 Å². The highest BCUT2D eigenvalue weighted by Gasteiger charge is 2.29. The molecule has 0 aromatic rings. The molecule has 1 fully saturated rings. The molecule has 1 aliphatic rings. The minimum absolute atomic E-state index is 0.0586. The number of amides is 1. The molecule has 0 saturated carbocycles. The number of nitrogens with zero attached hydrogens (tertiary/aromatic N) is 1. The van der Waals surface area contributed by atoms with Crippen LogP contribution in [0.5, 0.6) is 0 Å². The van der Waals surface area contributed by atoms with E-state index in [0.717, 1.165) is 17.3 Å². The van der Waals surface area contributed by atoms with Gasteiger partial charge in [-0.05, 0) is 18.6 Å². The van der Waals surface area contributed by atoms with Gasteiger partial charge in [-0.3, -0.25) is 9.59 Å². The number of thioether (sulfide) groups is 2. The van der Waals surface area contributed by atoms with Crippen LogP contribution in [0.15, 0.2) is 12.2 Å². The summed E-state index contributed by atoms with van der Waals surface area (Å²) >= 11 is 2.99. The molecule has 0 aromatic heterocycles. The lowest BCUT2D eigenvalue weighted by Gasteiger charge is -2.21. The molecule has 0 bridgehead atoms. The molecule has 0 aromatic carbocycles. The molecule has 0 radical (unpaired) electrons. The Labute approximate surface area is 134 Å². The molecule has 0 spiro atoms. The van der Waals surface area contributed by atoms with E-state index in [4.69, 9.17) is 5.11 Å². The Morgan fingerprint density at radius 2 is 2.33 bits per heavy atom. The summed E-state index contributed by atoms with van der Waals surface area (Å²) in [6, 6.07) is 0.0586. The van der Waals surface area contributed by atoms with Crippen molar-refractivity contribution in [3.8, 4) is 0 Å². The second kappa shape index (κ2) is 10.1. The zero-order valence-corrected chi connectivity index (χ0v) is 13.9. The second-order valence-corrected chi connectivity index (χ2v) is 7.00. The van der Waals surface area contributed by atoms with Gasteiger partial charge in [-0.1, -0.05) is 30.8 Å². The third-order valence-corrected chi connectivity index (χ3v) is 5.18. The molecule has 5 nitrogen and oxygen atoms in total. The number of rotatable bonds is 10. The Hall–Kier alpha value is -0.660. The fraction of sp³-hybridized carbons (Fsp3) is 0.714. The molecule has 2 N–H and O–H groups in total. The monoisotopic (exact) mass is 333 g/mol. The predicted octanol–water partition coefficient (Wildman–Crippen LogP) is 2.45. The number of carbonyl (C=O) groups excluding carboxylic acids is 1. The van der Waals surface area contributed by atoms with Crippen molar-refractivity contribution < 1.29 is 19.8 Å². The molecule has 1 amide bonds. The van der Waals surface area contributed by atoms with Gasteiger partial charge in [0.05, 0.1) is 12.1 Å². The first-order valence-corrected chi connectivity index (χ1v) is 9.28. The van der Waals surface area contributed by atoms with Crippen molar-refractivity contribution in [3.63, 3.8) is 0 Å². The summed E-state index contributed by atoms with van der Waals surface area (Å²) in [6.07, 6.45) is 4.76. The van der Waals surface area contributed by atoms with Crippen LogP contribution in [-0.2, 0) is 4.79 Å². The van der Waals surface area contributed by atoms with Crippen molar-refractivity contribution >= 4 is 34.7 Å². The zero-order valence-electron chi connectivity index (χ0n) is 12.2. The molecule has 0 aliphatic carbocycles. The minimum atomic E-state index is -0.763. The Bertz CT molecular complexity index is 376. The Morgan fingerprint density at radius 1 is 1.57 bits per heavy atom. The molecule has 1 aliphatic heterocycles. The fourth-order valence-corrected chi connectivity index (χ4v) is 3.74. The molecule has 7 heteroatoms. The van der Waals surface area contributed by atoms with Gasteiger partial charge >= 0.3 is 5.97 Å². The lowest BCUT2D eigenvalue weighted by atomic mass is 10.2. The van der Waals surface area contributed by atoms with Gasteiger partial charge in [-0.25, -0.2) is 0 Å². The van der Waals surface area contributed by atoms with Crippen molar-refractivity contribution in [1.82, 2.24) is 4.90 Å². The van der Waals surface area contributed by atoms with E-state index in [-0.39, 0.29) is 17.7 Å². The number of aliphatic carboxylic acids is 1. The number of aliphatic hydroxyl groups is 1. The average Bonchev–Trinajstić information content (AvgIpc) is 2.80. The van der Waals surface area contributed by atoms with Gasteiger partial charge in [0.2, 0.25) is 0 Å². The molecule has 120 valence electrons. The highest BCUT2D eigenvalue weighted by molar-refractivity contribution is 8.13. The van der Waals surface area contributed by atoms with Crippen molar-refractivity contribution in [2.45, 2.75) is 38.3 Å². The summed E-state index contributed by atoms with van der Waals surface area (Å²) in [4.78, 5) is 24.0. The van der Waals surface area contributed by atoms with E-state index in [1.54, 1.807) is 17.8 Å². The lowest BCUT2D eigenvalue weighted by molar-refractivity contribution is -0.137. The van der Waals surface area contributed by atoms with Crippen LogP contribution in [0.1, 0.15) is 26.2 Å². The summed E-state index contributed by atoms with van der Waals surface area (Å²) in [5.41, 5.74) is 0. The van der Waals surface area contributed by atoms with Crippen LogP contribution in [-0.4, -0.2) is 62.3 Å². The van der Waals surface area contributed by atoms with Crippen molar-refractivity contribution in [2.75, 3.05) is 23.8 Å². The Balaban J connectivity index is 2.28.